The summed E-state index contributed by atoms with van der Waals surface area (Å²) in [6.07, 6.45) is -0.0962. The van der Waals surface area contributed by atoms with E-state index < -0.39 is 0 Å². The quantitative estimate of drug-likeness (QED) is 0.792. The fraction of sp³-hybridized carbons (Fsp3) is 0.571. The van der Waals surface area contributed by atoms with Gasteiger partial charge in [0.1, 0.15) is 17.7 Å². The highest BCUT2D eigenvalue weighted by Crippen LogP contribution is 2.22. The van der Waals surface area contributed by atoms with E-state index in [2.05, 4.69) is 35.1 Å². The smallest absolute Gasteiger partial charge is 0.137 e. The van der Waals surface area contributed by atoms with Gasteiger partial charge in [-0.3, -0.25) is 0 Å². The summed E-state index contributed by atoms with van der Waals surface area (Å²) in [6.45, 7) is 6.41. The molecule has 19 heavy (non-hydrogen) atoms. The molecule has 0 amide bonds. The van der Waals surface area contributed by atoms with Crippen LogP contribution in [0, 0.1) is 11.7 Å². The first-order valence-corrected chi connectivity index (χ1v) is 7.13. The Kier molecular flexibility index (Phi) is 7.34. The second kappa shape index (κ2) is 8.51. The average molecular weight is 334 g/mol. The number of ether oxygens (including phenoxy) is 2. The molecule has 108 valence electrons. The molecule has 0 aliphatic rings. The number of hydrogen-bond donors (Lipinski definition) is 1. The van der Waals surface area contributed by atoms with Gasteiger partial charge in [-0.05, 0) is 46.6 Å². The van der Waals surface area contributed by atoms with Gasteiger partial charge in [0.25, 0.3) is 0 Å². The van der Waals surface area contributed by atoms with Crippen LogP contribution in [0.25, 0.3) is 0 Å². The number of methoxy groups -OCH3 is 1. The predicted octanol–water partition coefficient (Wildman–Crippen LogP) is 3.23. The first-order chi connectivity index (χ1) is 9.02. The van der Waals surface area contributed by atoms with E-state index in [1.54, 1.807) is 19.2 Å². The van der Waals surface area contributed by atoms with E-state index in [1.165, 1.54) is 6.07 Å². The average Bonchev–Trinajstić information content (AvgIpc) is 2.33. The zero-order valence-corrected chi connectivity index (χ0v) is 13.2. The van der Waals surface area contributed by atoms with Crippen molar-refractivity contribution < 1.29 is 13.9 Å². The minimum absolute atomic E-state index is 0.0962. The van der Waals surface area contributed by atoms with Gasteiger partial charge in [-0.2, -0.15) is 0 Å². The highest BCUT2D eigenvalue weighted by atomic mass is 79.9. The van der Waals surface area contributed by atoms with Gasteiger partial charge in [-0.1, -0.05) is 13.8 Å². The minimum Gasteiger partial charge on any atom is -0.487 e. The Bertz CT molecular complexity index is 388. The minimum atomic E-state index is -0.298. The molecule has 1 rings (SSSR count). The molecule has 0 heterocycles. The molecule has 1 atom stereocenters. The lowest BCUT2D eigenvalue weighted by Crippen LogP contribution is -2.36. The van der Waals surface area contributed by atoms with Crippen LogP contribution in [0.1, 0.15) is 13.8 Å². The Morgan fingerprint density at radius 3 is 2.63 bits per heavy atom. The molecule has 1 aromatic rings. The largest absolute Gasteiger partial charge is 0.487 e. The molecule has 1 unspecified atom stereocenters. The normalized spacial score (nSPS) is 12.7. The van der Waals surface area contributed by atoms with Crippen LogP contribution < -0.4 is 10.1 Å². The van der Waals surface area contributed by atoms with Gasteiger partial charge in [0, 0.05) is 13.7 Å². The first-order valence-electron chi connectivity index (χ1n) is 6.34. The van der Waals surface area contributed by atoms with Crippen molar-refractivity contribution >= 4 is 15.9 Å². The fourth-order valence-corrected chi connectivity index (χ4v) is 1.95. The molecule has 1 aromatic carbocycles. The van der Waals surface area contributed by atoms with Crippen molar-refractivity contribution in [1.82, 2.24) is 5.32 Å². The first kappa shape index (κ1) is 16.4. The van der Waals surface area contributed by atoms with E-state index >= 15 is 0 Å². The van der Waals surface area contributed by atoms with Crippen LogP contribution in [0.3, 0.4) is 0 Å². The van der Waals surface area contributed by atoms with Crippen molar-refractivity contribution in [3.05, 3.63) is 28.5 Å². The van der Waals surface area contributed by atoms with Gasteiger partial charge in [-0.25, -0.2) is 4.39 Å². The third-order valence-electron chi connectivity index (χ3n) is 2.47. The maximum Gasteiger partial charge on any atom is 0.137 e. The Labute approximate surface area is 122 Å². The molecule has 0 aromatic heterocycles. The molecular weight excluding hydrogens is 313 g/mol. The second-order valence-electron chi connectivity index (χ2n) is 4.82. The van der Waals surface area contributed by atoms with Crippen molar-refractivity contribution in [2.45, 2.75) is 20.0 Å². The lowest BCUT2D eigenvalue weighted by Gasteiger charge is -2.20. The molecule has 0 saturated heterocycles. The van der Waals surface area contributed by atoms with Crippen molar-refractivity contribution in [3.63, 3.8) is 0 Å². The molecule has 0 fully saturated rings. The summed E-state index contributed by atoms with van der Waals surface area (Å²) in [6, 6.07) is 4.62. The molecule has 3 nitrogen and oxygen atoms in total. The summed E-state index contributed by atoms with van der Waals surface area (Å²) in [5, 5.41) is 3.33. The molecule has 0 radical (unpaired) electrons. The van der Waals surface area contributed by atoms with Crippen LogP contribution in [-0.2, 0) is 4.74 Å². The molecule has 0 spiro atoms. The molecule has 0 saturated carbocycles. The third kappa shape index (κ3) is 6.36. The Morgan fingerprint density at radius 2 is 2.05 bits per heavy atom. The van der Waals surface area contributed by atoms with E-state index in [0.29, 0.717) is 29.3 Å². The Hall–Kier alpha value is -0.650. The second-order valence-corrected chi connectivity index (χ2v) is 5.68. The van der Waals surface area contributed by atoms with Gasteiger partial charge < -0.3 is 14.8 Å². The van der Waals surface area contributed by atoms with Crippen molar-refractivity contribution in [2.75, 3.05) is 26.8 Å². The van der Waals surface area contributed by atoms with Gasteiger partial charge in [0.15, 0.2) is 0 Å². The van der Waals surface area contributed by atoms with E-state index in [4.69, 9.17) is 9.47 Å². The Balaban J connectivity index is 2.54. The number of hydrogen-bond acceptors (Lipinski definition) is 3. The predicted molar refractivity (Wildman–Crippen MR) is 78.1 cm³/mol. The van der Waals surface area contributed by atoms with Crippen LogP contribution in [0.5, 0.6) is 5.75 Å². The van der Waals surface area contributed by atoms with Gasteiger partial charge in [0.05, 0.1) is 11.1 Å². The van der Waals surface area contributed by atoms with Crippen LogP contribution in [0.15, 0.2) is 22.7 Å². The Morgan fingerprint density at radius 1 is 1.32 bits per heavy atom. The van der Waals surface area contributed by atoms with Gasteiger partial charge in [-0.15, -0.1) is 0 Å². The van der Waals surface area contributed by atoms with Crippen LogP contribution in [0.2, 0.25) is 0 Å². The standard InChI is InChI=1S/C14H21BrFNO2/c1-10(2)7-17-8-12(9-18-3)19-11-4-5-14(16)13(15)6-11/h4-6,10,12,17H,7-9H2,1-3H3. The van der Waals surface area contributed by atoms with E-state index in [-0.39, 0.29) is 11.9 Å². The maximum absolute atomic E-state index is 13.1. The van der Waals surface area contributed by atoms with Crippen molar-refractivity contribution in [3.8, 4) is 5.75 Å². The molecule has 1 N–H and O–H groups in total. The lowest BCUT2D eigenvalue weighted by molar-refractivity contribution is 0.0801. The molecular formula is C14H21BrFNO2. The topological polar surface area (TPSA) is 30.5 Å². The zero-order chi connectivity index (χ0) is 14.3. The summed E-state index contributed by atoms with van der Waals surface area (Å²) in [5.74, 6) is 0.915. The number of nitrogens with one attached hydrogen (secondary N) is 1. The van der Waals surface area contributed by atoms with Gasteiger partial charge >= 0.3 is 0 Å². The lowest BCUT2D eigenvalue weighted by atomic mass is 10.2. The van der Waals surface area contributed by atoms with E-state index in [0.717, 1.165) is 6.54 Å². The molecule has 5 heteroatoms. The number of halogens is 2. The van der Waals surface area contributed by atoms with Crippen LogP contribution in [-0.4, -0.2) is 32.9 Å². The third-order valence-corrected chi connectivity index (χ3v) is 3.08. The molecule has 0 bridgehead atoms. The highest BCUT2D eigenvalue weighted by molar-refractivity contribution is 9.10. The molecule has 0 aliphatic carbocycles. The van der Waals surface area contributed by atoms with E-state index in [1.807, 2.05) is 0 Å². The SMILES string of the molecule is COCC(CNCC(C)C)Oc1ccc(F)c(Br)c1. The van der Waals surface area contributed by atoms with E-state index in [9.17, 15) is 4.39 Å². The summed E-state index contributed by atoms with van der Waals surface area (Å²) in [5.41, 5.74) is 0. The summed E-state index contributed by atoms with van der Waals surface area (Å²) < 4.78 is 24.5. The summed E-state index contributed by atoms with van der Waals surface area (Å²) >= 11 is 3.14. The zero-order valence-electron chi connectivity index (χ0n) is 11.6. The van der Waals surface area contributed by atoms with Gasteiger partial charge in [0.2, 0.25) is 0 Å². The maximum atomic E-state index is 13.1. The fourth-order valence-electron chi connectivity index (χ4n) is 1.60. The van der Waals surface area contributed by atoms with Crippen LogP contribution in [0.4, 0.5) is 4.39 Å². The number of benzene rings is 1. The van der Waals surface area contributed by atoms with Crippen molar-refractivity contribution in [2.24, 2.45) is 5.92 Å². The van der Waals surface area contributed by atoms with Crippen LogP contribution >= 0.6 is 15.9 Å². The number of rotatable bonds is 8. The summed E-state index contributed by atoms with van der Waals surface area (Å²) in [4.78, 5) is 0. The molecule has 0 aliphatic heterocycles. The monoisotopic (exact) mass is 333 g/mol. The summed E-state index contributed by atoms with van der Waals surface area (Å²) in [7, 11) is 1.64. The highest BCUT2D eigenvalue weighted by Gasteiger charge is 2.11. The van der Waals surface area contributed by atoms with Crippen molar-refractivity contribution in [1.29, 1.82) is 0 Å².